The Bertz CT molecular complexity index is 992. The summed E-state index contributed by atoms with van der Waals surface area (Å²) in [7, 11) is 1.72. The Kier molecular flexibility index (Phi) is 2.84. The van der Waals surface area contributed by atoms with Gasteiger partial charge in [0.15, 0.2) is 0 Å². The number of imidazole rings is 1. The van der Waals surface area contributed by atoms with Gasteiger partial charge in [0.1, 0.15) is 18.2 Å². The van der Waals surface area contributed by atoms with Crippen molar-refractivity contribution in [1.29, 1.82) is 0 Å². The Morgan fingerprint density at radius 1 is 1.55 bits per heavy atom. The molecule has 0 radical (unpaired) electrons. The van der Waals surface area contributed by atoms with Gasteiger partial charge in [-0.25, -0.2) is 9.18 Å². The van der Waals surface area contributed by atoms with E-state index in [1.165, 1.54) is 6.07 Å². The first-order valence-electron chi connectivity index (χ1n) is 7.05. The van der Waals surface area contributed by atoms with E-state index in [2.05, 4.69) is 20.9 Å². The normalized spacial score (nSPS) is 17.2. The van der Waals surface area contributed by atoms with Crippen molar-refractivity contribution in [2.45, 2.75) is 19.4 Å². The minimum Gasteiger partial charge on any atom is -0.489 e. The molecule has 3 aromatic rings. The predicted molar refractivity (Wildman–Crippen MR) is 85.0 cm³/mol. The fraction of sp³-hybridized carbons (Fsp3) is 0.333. The summed E-state index contributed by atoms with van der Waals surface area (Å²) in [5.74, 6) is -0.00229. The summed E-state index contributed by atoms with van der Waals surface area (Å²) in [5.41, 5.74) is 1.87. The Hall–Kier alpha value is -1.89. The van der Waals surface area contributed by atoms with Crippen molar-refractivity contribution in [3.8, 4) is 5.75 Å². The topological polar surface area (TPSA) is 49.1 Å². The molecule has 4 rings (SSSR count). The first-order valence-corrected chi connectivity index (χ1v) is 7.84. The smallest absolute Gasteiger partial charge is 0.329 e. The van der Waals surface area contributed by atoms with Gasteiger partial charge in [0, 0.05) is 13.1 Å². The summed E-state index contributed by atoms with van der Waals surface area (Å²) in [6, 6.07) is 1.27. The SMILES string of the molecule is CC[C@@H]1COc2c(Br)c(F)cc3ncc4c(c23)n1c(=O)n4C. The summed E-state index contributed by atoms with van der Waals surface area (Å²) in [6.07, 6.45) is 2.36. The molecule has 7 heteroatoms. The zero-order chi connectivity index (χ0) is 15.6. The molecule has 0 saturated heterocycles. The van der Waals surface area contributed by atoms with Crippen molar-refractivity contribution < 1.29 is 9.13 Å². The van der Waals surface area contributed by atoms with Crippen molar-refractivity contribution >= 4 is 37.9 Å². The Labute approximate surface area is 133 Å². The molecule has 5 nitrogen and oxygen atoms in total. The van der Waals surface area contributed by atoms with Crippen LogP contribution >= 0.6 is 15.9 Å². The van der Waals surface area contributed by atoms with Gasteiger partial charge in [-0.15, -0.1) is 0 Å². The van der Waals surface area contributed by atoms with Crippen LogP contribution in [0, 0.1) is 5.82 Å². The monoisotopic (exact) mass is 365 g/mol. The summed E-state index contributed by atoms with van der Waals surface area (Å²) in [6.45, 7) is 2.32. The zero-order valence-corrected chi connectivity index (χ0v) is 13.6. The van der Waals surface area contributed by atoms with E-state index in [9.17, 15) is 9.18 Å². The number of pyridine rings is 1. The number of halogens is 2. The van der Waals surface area contributed by atoms with E-state index in [4.69, 9.17) is 4.74 Å². The van der Waals surface area contributed by atoms with Crippen LogP contribution in [0.2, 0.25) is 0 Å². The molecule has 0 N–H and O–H groups in total. The van der Waals surface area contributed by atoms with Crippen molar-refractivity contribution in [2.75, 3.05) is 6.61 Å². The first-order chi connectivity index (χ1) is 10.5. The maximum atomic E-state index is 14.1. The molecule has 22 heavy (non-hydrogen) atoms. The number of hydrogen-bond acceptors (Lipinski definition) is 3. The van der Waals surface area contributed by atoms with Crippen molar-refractivity contribution in [1.82, 2.24) is 14.1 Å². The molecular formula is C15H13BrFN3O2. The molecule has 0 spiro atoms. The van der Waals surface area contributed by atoms with Gasteiger partial charge in [0.25, 0.3) is 0 Å². The second-order valence-electron chi connectivity index (χ2n) is 5.47. The molecule has 0 saturated carbocycles. The quantitative estimate of drug-likeness (QED) is 0.665. The van der Waals surface area contributed by atoms with Crippen molar-refractivity contribution in [2.24, 2.45) is 7.05 Å². The fourth-order valence-corrected chi connectivity index (χ4v) is 3.55. The minimum absolute atomic E-state index is 0.0934. The lowest BCUT2D eigenvalue weighted by atomic mass is 10.1. The average molecular weight is 366 g/mol. The van der Waals surface area contributed by atoms with Gasteiger partial charge in [-0.3, -0.25) is 14.1 Å². The minimum atomic E-state index is -0.422. The van der Waals surface area contributed by atoms with Gasteiger partial charge in [-0.2, -0.15) is 0 Å². The number of rotatable bonds is 1. The predicted octanol–water partition coefficient (Wildman–Crippen LogP) is 3.13. The van der Waals surface area contributed by atoms with E-state index < -0.39 is 5.82 Å². The molecule has 1 aliphatic rings. The number of benzene rings is 1. The molecule has 0 fully saturated rings. The van der Waals surface area contributed by atoms with E-state index >= 15 is 0 Å². The lowest BCUT2D eigenvalue weighted by Gasteiger charge is -2.15. The number of aryl methyl sites for hydroxylation is 1. The van der Waals surface area contributed by atoms with Crippen LogP contribution in [-0.2, 0) is 7.05 Å². The number of aromatic nitrogens is 3. The van der Waals surface area contributed by atoms with Crippen LogP contribution < -0.4 is 10.4 Å². The summed E-state index contributed by atoms with van der Waals surface area (Å²) < 4.78 is 23.5. The fourth-order valence-electron chi connectivity index (χ4n) is 3.12. The van der Waals surface area contributed by atoms with E-state index in [0.717, 1.165) is 17.5 Å². The van der Waals surface area contributed by atoms with Gasteiger partial charge >= 0.3 is 5.69 Å². The van der Waals surface area contributed by atoms with Crippen LogP contribution in [-0.4, -0.2) is 20.7 Å². The van der Waals surface area contributed by atoms with Crippen LogP contribution in [0.5, 0.6) is 5.75 Å². The number of nitrogens with zero attached hydrogens (tertiary/aromatic N) is 3. The van der Waals surface area contributed by atoms with Crippen LogP contribution in [0.1, 0.15) is 19.4 Å². The van der Waals surface area contributed by atoms with Gasteiger partial charge in [0.2, 0.25) is 0 Å². The molecule has 0 unspecified atom stereocenters. The van der Waals surface area contributed by atoms with Crippen LogP contribution in [0.4, 0.5) is 4.39 Å². The third kappa shape index (κ3) is 1.57. The summed E-state index contributed by atoms with van der Waals surface area (Å²) in [4.78, 5) is 16.9. The molecular weight excluding hydrogens is 353 g/mol. The van der Waals surface area contributed by atoms with Crippen LogP contribution in [0.3, 0.4) is 0 Å². The highest BCUT2D eigenvalue weighted by Gasteiger charge is 2.28. The van der Waals surface area contributed by atoms with Gasteiger partial charge in [-0.05, 0) is 22.4 Å². The molecule has 0 bridgehead atoms. The summed E-state index contributed by atoms with van der Waals surface area (Å²) in [5, 5.41) is 0.680. The zero-order valence-electron chi connectivity index (χ0n) is 12.1. The highest BCUT2D eigenvalue weighted by molar-refractivity contribution is 9.10. The van der Waals surface area contributed by atoms with Gasteiger partial charge in [0.05, 0.1) is 38.6 Å². The standard InChI is InChI=1S/C15H13BrFN3O2/c1-3-7-6-22-14-11-9(4-8(17)12(14)16)18-5-10-13(11)20(7)15(21)19(10)2/h4-5,7H,3,6H2,1-2H3/t7-/m1/s1. The molecule has 0 aliphatic carbocycles. The lowest BCUT2D eigenvalue weighted by molar-refractivity contribution is 0.249. The molecule has 3 heterocycles. The highest BCUT2D eigenvalue weighted by atomic mass is 79.9. The molecule has 1 aromatic carbocycles. The van der Waals surface area contributed by atoms with E-state index in [-0.39, 0.29) is 16.2 Å². The third-order valence-corrected chi connectivity index (χ3v) is 5.05. The molecule has 114 valence electrons. The van der Waals surface area contributed by atoms with Crippen LogP contribution in [0.25, 0.3) is 21.9 Å². The molecule has 2 aromatic heterocycles. The lowest BCUT2D eigenvalue weighted by Crippen LogP contribution is -2.28. The summed E-state index contributed by atoms with van der Waals surface area (Å²) >= 11 is 3.26. The first kappa shape index (κ1) is 13.8. The van der Waals surface area contributed by atoms with Gasteiger partial charge < -0.3 is 4.74 Å². The Balaban J connectivity index is 2.33. The highest BCUT2D eigenvalue weighted by Crippen LogP contribution is 2.41. The molecule has 0 amide bonds. The average Bonchev–Trinajstić information content (AvgIpc) is 2.68. The largest absolute Gasteiger partial charge is 0.489 e. The van der Waals surface area contributed by atoms with Crippen LogP contribution in [0.15, 0.2) is 21.5 Å². The molecule has 1 aliphatic heterocycles. The van der Waals surface area contributed by atoms with Crippen molar-refractivity contribution in [3.63, 3.8) is 0 Å². The van der Waals surface area contributed by atoms with E-state index in [0.29, 0.717) is 23.3 Å². The maximum absolute atomic E-state index is 14.1. The van der Waals surface area contributed by atoms with Gasteiger partial charge in [-0.1, -0.05) is 6.92 Å². The Morgan fingerprint density at radius 2 is 2.32 bits per heavy atom. The second-order valence-corrected chi connectivity index (χ2v) is 6.27. The second kappa shape index (κ2) is 4.55. The maximum Gasteiger partial charge on any atom is 0.329 e. The molecule has 1 atom stereocenters. The van der Waals surface area contributed by atoms with Crippen molar-refractivity contribution in [3.05, 3.63) is 33.0 Å². The number of ether oxygens (including phenoxy) is 1. The van der Waals surface area contributed by atoms with E-state index in [1.807, 2.05) is 6.92 Å². The Morgan fingerprint density at radius 3 is 3.05 bits per heavy atom. The van der Waals surface area contributed by atoms with E-state index in [1.54, 1.807) is 22.4 Å². The number of hydrogen-bond donors (Lipinski definition) is 0. The third-order valence-electron chi connectivity index (χ3n) is 4.31.